The van der Waals surface area contributed by atoms with Crippen LogP contribution in [0, 0.1) is 0 Å². The summed E-state index contributed by atoms with van der Waals surface area (Å²) in [6, 6.07) is 13.9. The van der Waals surface area contributed by atoms with Gasteiger partial charge in [0.25, 0.3) is 0 Å². The second-order valence-electron chi connectivity index (χ2n) is 6.09. The van der Waals surface area contributed by atoms with Crippen molar-refractivity contribution in [3.05, 3.63) is 59.7 Å². The van der Waals surface area contributed by atoms with E-state index in [1.54, 1.807) is 30.3 Å². The van der Waals surface area contributed by atoms with E-state index in [0.29, 0.717) is 17.3 Å². The zero-order valence-electron chi connectivity index (χ0n) is 15.0. The van der Waals surface area contributed by atoms with Gasteiger partial charge >= 0.3 is 5.97 Å². The standard InChI is InChI=1S/C20H22N2O4/c1-13(2)14-8-10-15(11-9-14)21-18(23)12-19(24)22-17-7-5-4-6-16(17)20(25)26-3/h4-11,13H,12H2,1-3H3,(H,21,23)(H,22,24). The average Bonchev–Trinajstić information content (AvgIpc) is 2.61. The molecule has 0 bridgehead atoms. The highest BCUT2D eigenvalue weighted by Gasteiger charge is 2.15. The molecule has 6 heteroatoms. The van der Waals surface area contributed by atoms with Gasteiger partial charge in [0, 0.05) is 5.69 Å². The number of nitrogens with one attached hydrogen (secondary N) is 2. The molecule has 0 saturated heterocycles. The maximum absolute atomic E-state index is 12.1. The molecule has 2 rings (SSSR count). The summed E-state index contributed by atoms with van der Waals surface area (Å²) in [5.41, 5.74) is 2.33. The number of methoxy groups -OCH3 is 1. The van der Waals surface area contributed by atoms with Crippen molar-refractivity contribution in [1.82, 2.24) is 0 Å². The quantitative estimate of drug-likeness (QED) is 0.613. The topological polar surface area (TPSA) is 84.5 Å². The Hall–Kier alpha value is -3.15. The molecule has 0 aliphatic heterocycles. The first kappa shape index (κ1) is 19.2. The molecule has 0 heterocycles. The minimum absolute atomic E-state index is 0.230. The molecular formula is C20H22N2O4. The van der Waals surface area contributed by atoms with Crippen LogP contribution in [-0.2, 0) is 14.3 Å². The average molecular weight is 354 g/mol. The van der Waals surface area contributed by atoms with E-state index >= 15 is 0 Å². The summed E-state index contributed by atoms with van der Waals surface area (Å²) in [4.78, 5) is 35.8. The molecule has 2 amide bonds. The number of hydrogen-bond acceptors (Lipinski definition) is 4. The van der Waals surface area contributed by atoms with Crippen LogP contribution in [0.4, 0.5) is 11.4 Å². The Labute approximate surface area is 152 Å². The molecule has 0 aliphatic carbocycles. The molecule has 0 atom stereocenters. The van der Waals surface area contributed by atoms with Crippen LogP contribution in [-0.4, -0.2) is 24.9 Å². The van der Waals surface area contributed by atoms with Crippen molar-refractivity contribution in [2.45, 2.75) is 26.2 Å². The van der Waals surface area contributed by atoms with Crippen LogP contribution in [0.15, 0.2) is 48.5 Å². The van der Waals surface area contributed by atoms with Gasteiger partial charge in [0.05, 0.1) is 18.4 Å². The van der Waals surface area contributed by atoms with Crippen LogP contribution in [0.1, 0.15) is 42.1 Å². The van der Waals surface area contributed by atoms with Gasteiger partial charge in [-0.2, -0.15) is 0 Å². The normalized spacial score (nSPS) is 10.3. The third-order valence-corrected chi connectivity index (χ3v) is 3.79. The number of ether oxygens (including phenoxy) is 1. The summed E-state index contributed by atoms with van der Waals surface area (Å²) >= 11 is 0. The summed E-state index contributed by atoms with van der Waals surface area (Å²) in [7, 11) is 1.26. The Balaban J connectivity index is 1.95. The van der Waals surface area contributed by atoms with Gasteiger partial charge in [-0.15, -0.1) is 0 Å². The number of amides is 2. The lowest BCUT2D eigenvalue weighted by atomic mass is 10.0. The smallest absolute Gasteiger partial charge is 0.339 e. The number of para-hydroxylation sites is 1. The fourth-order valence-electron chi connectivity index (χ4n) is 2.38. The van der Waals surface area contributed by atoms with Gasteiger partial charge < -0.3 is 15.4 Å². The Morgan fingerprint density at radius 1 is 0.923 bits per heavy atom. The number of carbonyl (C=O) groups is 3. The van der Waals surface area contributed by atoms with Crippen molar-refractivity contribution in [2.24, 2.45) is 0 Å². The number of rotatable bonds is 6. The lowest BCUT2D eigenvalue weighted by molar-refractivity contribution is -0.123. The molecule has 2 N–H and O–H groups in total. The largest absolute Gasteiger partial charge is 0.465 e. The van der Waals surface area contributed by atoms with E-state index in [2.05, 4.69) is 29.2 Å². The second-order valence-corrected chi connectivity index (χ2v) is 6.09. The molecule has 136 valence electrons. The minimum atomic E-state index is -0.560. The maximum Gasteiger partial charge on any atom is 0.339 e. The van der Waals surface area contributed by atoms with Crippen LogP contribution in [0.2, 0.25) is 0 Å². The molecule has 0 aliphatic rings. The third kappa shape index (κ3) is 5.17. The van der Waals surface area contributed by atoms with Gasteiger partial charge in [0.1, 0.15) is 6.42 Å². The molecule has 0 radical (unpaired) electrons. The Morgan fingerprint density at radius 3 is 2.15 bits per heavy atom. The Kier molecular flexibility index (Phi) is 6.49. The first-order chi connectivity index (χ1) is 12.4. The minimum Gasteiger partial charge on any atom is -0.465 e. The fraction of sp³-hybridized carbons (Fsp3) is 0.250. The molecule has 2 aromatic carbocycles. The maximum atomic E-state index is 12.1. The van der Waals surface area contributed by atoms with Gasteiger partial charge in [-0.25, -0.2) is 4.79 Å². The van der Waals surface area contributed by atoms with Crippen molar-refractivity contribution in [3.8, 4) is 0 Å². The van der Waals surface area contributed by atoms with Gasteiger partial charge in [-0.3, -0.25) is 9.59 Å². The number of benzene rings is 2. The highest BCUT2D eigenvalue weighted by atomic mass is 16.5. The monoisotopic (exact) mass is 354 g/mol. The Morgan fingerprint density at radius 2 is 1.54 bits per heavy atom. The van der Waals surface area contributed by atoms with E-state index < -0.39 is 17.8 Å². The molecular weight excluding hydrogens is 332 g/mol. The highest BCUT2D eigenvalue weighted by molar-refractivity contribution is 6.09. The van der Waals surface area contributed by atoms with Gasteiger partial charge in [-0.05, 0) is 35.7 Å². The molecule has 2 aromatic rings. The summed E-state index contributed by atoms with van der Waals surface area (Å²) in [6.45, 7) is 4.17. The molecule has 26 heavy (non-hydrogen) atoms. The van der Waals surface area contributed by atoms with E-state index in [1.165, 1.54) is 18.7 Å². The molecule has 0 spiro atoms. The molecule has 0 aromatic heterocycles. The van der Waals surface area contributed by atoms with Crippen molar-refractivity contribution in [1.29, 1.82) is 0 Å². The first-order valence-electron chi connectivity index (χ1n) is 8.27. The zero-order chi connectivity index (χ0) is 19.1. The Bertz CT molecular complexity index is 798. The van der Waals surface area contributed by atoms with E-state index in [9.17, 15) is 14.4 Å². The molecule has 0 unspecified atom stereocenters. The van der Waals surface area contributed by atoms with Gasteiger partial charge in [0.2, 0.25) is 11.8 Å². The summed E-state index contributed by atoms with van der Waals surface area (Å²) in [5, 5.41) is 5.25. The SMILES string of the molecule is COC(=O)c1ccccc1NC(=O)CC(=O)Nc1ccc(C(C)C)cc1. The number of hydrogen-bond donors (Lipinski definition) is 2. The number of carbonyl (C=O) groups excluding carboxylic acids is 3. The summed E-state index contributed by atoms with van der Waals surface area (Å²) < 4.78 is 4.68. The van der Waals surface area contributed by atoms with E-state index in [4.69, 9.17) is 0 Å². The first-order valence-corrected chi connectivity index (χ1v) is 8.27. The van der Waals surface area contributed by atoms with Crippen LogP contribution in [0.5, 0.6) is 0 Å². The summed E-state index contributed by atoms with van der Waals surface area (Å²) in [6.07, 6.45) is -0.360. The predicted molar refractivity (Wildman–Crippen MR) is 100 cm³/mol. The fourth-order valence-corrected chi connectivity index (χ4v) is 2.38. The predicted octanol–water partition coefficient (Wildman–Crippen LogP) is 3.56. The lowest BCUT2D eigenvalue weighted by Crippen LogP contribution is -2.22. The molecule has 6 nitrogen and oxygen atoms in total. The van der Waals surface area contributed by atoms with Gasteiger partial charge in [0.15, 0.2) is 0 Å². The third-order valence-electron chi connectivity index (χ3n) is 3.79. The zero-order valence-corrected chi connectivity index (χ0v) is 15.0. The van der Waals surface area contributed by atoms with Crippen LogP contribution >= 0.6 is 0 Å². The van der Waals surface area contributed by atoms with Crippen LogP contribution in [0.25, 0.3) is 0 Å². The van der Waals surface area contributed by atoms with Crippen LogP contribution < -0.4 is 10.6 Å². The van der Waals surface area contributed by atoms with Gasteiger partial charge in [-0.1, -0.05) is 38.1 Å². The van der Waals surface area contributed by atoms with Crippen LogP contribution in [0.3, 0.4) is 0 Å². The lowest BCUT2D eigenvalue weighted by Gasteiger charge is -2.10. The second kappa shape index (κ2) is 8.80. The van der Waals surface area contributed by atoms with E-state index in [-0.39, 0.29) is 12.0 Å². The molecule has 0 fully saturated rings. The van der Waals surface area contributed by atoms with Crippen molar-refractivity contribution in [3.63, 3.8) is 0 Å². The van der Waals surface area contributed by atoms with E-state index in [0.717, 1.165) is 0 Å². The van der Waals surface area contributed by atoms with Crippen molar-refractivity contribution >= 4 is 29.2 Å². The number of anilines is 2. The van der Waals surface area contributed by atoms with Crippen molar-refractivity contribution in [2.75, 3.05) is 17.7 Å². The van der Waals surface area contributed by atoms with Crippen molar-refractivity contribution < 1.29 is 19.1 Å². The summed E-state index contributed by atoms with van der Waals surface area (Å²) in [5.74, 6) is -1.11. The molecule has 0 saturated carbocycles. The van der Waals surface area contributed by atoms with E-state index in [1.807, 2.05) is 12.1 Å². The number of esters is 1. The highest BCUT2D eigenvalue weighted by Crippen LogP contribution is 2.18.